The Labute approximate surface area is 101 Å². The van der Waals surface area contributed by atoms with Gasteiger partial charge in [-0.15, -0.1) is 0 Å². The van der Waals surface area contributed by atoms with Crippen LogP contribution in [0.5, 0.6) is 0 Å². The number of hydrogen-bond acceptors (Lipinski definition) is 5. The third-order valence-corrected chi connectivity index (χ3v) is 3.99. The molecule has 0 amide bonds. The summed E-state index contributed by atoms with van der Waals surface area (Å²) in [5.74, 6) is 0.525. The first-order valence-electron chi connectivity index (χ1n) is 5.41. The maximum Gasteiger partial charge on any atom is 0.212 e. The Hall–Kier alpha value is -0.920. The van der Waals surface area contributed by atoms with E-state index in [1.165, 1.54) is 0 Å². The topological polar surface area (TPSA) is 92.4 Å². The Morgan fingerprint density at radius 1 is 1.47 bits per heavy atom. The van der Waals surface area contributed by atoms with Gasteiger partial charge in [0.2, 0.25) is 10.0 Å². The minimum Gasteiger partial charge on any atom is -0.396 e. The molecule has 6 nitrogen and oxygen atoms in total. The first-order valence-corrected chi connectivity index (χ1v) is 7.06. The van der Waals surface area contributed by atoms with E-state index in [1.807, 2.05) is 0 Å². The molecule has 0 spiro atoms. The van der Waals surface area contributed by atoms with Gasteiger partial charge < -0.3 is 9.63 Å². The molecular weight excluding hydrogens is 244 g/mol. The molecule has 0 saturated heterocycles. The van der Waals surface area contributed by atoms with Crippen molar-refractivity contribution in [1.82, 2.24) is 9.88 Å². The van der Waals surface area contributed by atoms with Crippen LogP contribution < -0.4 is 4.72 Å². The quantitative estimate of drug-likeness (QED) is 0.785. The molecular formula is C10H18N2O4S. The zero-order chi connectivity index (χ0) is 13.1. The lowest BCUT2D eigenvalue weighted by atomic mass is 10.1. The van der Waals surface area contributed by atoms with Crippen molar-refractivity contribution < 1.29 is 18.0 Å². The van der Waals surface area contributed by atoms with Gasteiger partial charge in [-0.25, -0.2) is 13.1 Å². The Kier molecular flexibility index (Phi) is 4.67. The molecule has 0 aliphatic heterocycles. The van der Waals surface area contributed by atoms with E-state index >= 15 is 0 Å². The number of nitrogens with zero attached hydrogens (tertiary/aromatic N) is 1. The SMILES string of the molecule is Cc1noc(C)c1C(C)NS(=O)(=O)CCCO. The molecule has 1 atom stereocenters. The molecule has 0 aromatic carbocycles. The summed E-state index contributed by atoms with van der Waals surface area (Å²) in [6, 6.07) is -0.384. The zero-order valence-electron chi connectivity index (χ0n) is 10.2. The predicted octanol–water partition coefficient (Wildman–Crippen LogP) is 0.654. The molecule has 1 aromatic rings. The van der Waals surface area contributed by atoms with E-state index < -0.39 is 10.0 Å². The number of nitrogens with one attached hydrogen (secondary N) is 1. The van der Waals surface area contributed by atoms with Crippen LogP contribution in [0.2, 0.25) is 0 Å². The molecule has 0 saturated carbocycles. The average Bonchev–Trinajstić information content (AvgIpc) is 2.55. The third-order valence-electron chi connectivity index (χ3n) is 2.45. The molecule has 1 heterocycles. The van der Waals surface area contributed by atoms with Gasteiger partial charge in [0.1, 0.15) is 5.76 Å². The summed E-state index contributed by atoms with van der Waals surface area (Å²) >= 11 is 0. The van der Waals surface area contributed by atoms with E-state index in [2.05, 4.69) is 9.88 Å². The van der Waals surface area contributed by atoms with Crippen molar-refractivity contribution in [1.29, 1.82) is 0 Å². The van der Waals surface area contributed by atoms with Crippen LogP contribution in [0.3, 0.4) is 0 Å². The van der Waals surface area contributed by atoms with E-state index in [9.17, 15) is 8.42 Å². The monoisotopic (exact) mass is 262 g/mol. The molecule has 0 aliphatic rings. The number of hydrogen-bond donors (Lipinski definition) is 2. The van der Waals surface area contributed by atoms with Gasteiger partial charge in [-0.2, -0.15) is 0 Å². The van der Waals surface area contributed by atoms with Crippen molar-refractivity contribution in [2.45, 2.75) is 33.2 Å². The smallest absolute Gasteiger partial charge is 0.212 e. The Morgan fingerprint density at radius 2 is 2.12 bits per heavy atom. The van der Waals surface area contributed by atoms with Crippen LogP contribution in [-0.2, 0) is 10.0 Å². The van der Waals surface area contributed by atoms with Gasteiger partial charge >= 0.3 is 0 Å². The summed E-state index contributed by atoms with van der Waals surface area (Å²) in [5.41, 5.74) is 1.44. The van der Waals surface area contributed by atoms with Gasteiger partial charge in [0.05, 0.1) is 11.4 Å². The minimum atomic E-state index is -3.38. The highest BCUT2D eigenvalue weighted by molar-refractivity contribution is 7.89. The maximum atomic E-state index is 11.6. The van der Waals surface area contributed by atoms with Crippen molar-refractivity contribution in [2.75, 3.05) is 12.4 Å². The summed E-state index contributed by atoms with van der Waals surface area (Å²) < 4.78 is 30.8. The summed E-state index contributed by atoms with van der Waals surface area (Å²) in [7, 11) is -3.38. The lowest BCUT2D eigenvalue weighted by Crippen LogP contribution is -2.30. The van der Waals surface area contributed by atoms with Gasteiger partial charge in [-0.05, 0) is 27.2 Å². The highest BCUT2D eigenvalue weighted by Gasteiger charge is 2.21. The first kappa shape index (κ1) is 14.1. The molecule has 0 radical (unpaired) electrons. The van der Waals surface area contributed by atoms with Crippen molar-refractivity contribution >= 4 is 10.0 Å². The van der Waals surface area contributed by atoms with E-state index in [0.29, 0.717) is 11.5 Å². The van der Waals surface area contributed by atoms with Crippen LogP contribution in [0, 0.1) is 13.8 Å². The van der Waals surface area contributed by atoms with E-state index in [1.54, 1.807) is 20.8 Å². The normalized spacial score (nSPS) is 13.9. The molecule has 7 heteroatoms. The minimum absolute atomic E-state index is 0.0861. The van der Waals surface area contributed by atoms with Crippen LogP contribution in [0.15, 0.2) is 4.52 Å². The fraction of sp³-hybridized carbons (Fsp3) is 0.700. The standard InChI is InChI=1S/C10H18N2O4S/c1-7-10(9(3)16-11-7)8(2)12-17(14,15)6-4-5-13/h8,12-13H,4-6H2,1-3H3. The fourth-order valence-electron chi connectivity index (χ4n) is 1.75. The third kappa shape index (κ3) is 3.79. The van der Waals surface area contributed by atoms with Gasteiger partial charge in [0.25, 0.3) is 0 Å². The Bertz CT molecular complexity index is 447. The molecule has 1 unspecified atom stereocenters. The highest BCUT2D eigenvalue weighted by Crippen LogP contribution is 2.21. The Balaban J connectivity index is 2.76. The largest absolute Gasteiger partial charge is 0.396 e. The molecule has 0 aliphatic carbocycles. The number of rotatable bonds is 6. The number of aromatic nitrogens is 1. The summed E-state index contributed by atoms with van der Waals surface area (Å²) in [6.07, 6.45) is 0.226. The Morgan fingerprint density at radius 3 is 2.59 bits per heavy atom. The van der Waals surface area contributed by atoms with Crippen molar-refractivity contribution in [3.8, 4) is 0 Å². The maximum absolute atomic E-state index is 11.6. The van der Waals surface area contributed by atoms with Gasteiger partial charge in [0, 0.05) is 18.2 Å². The van der Waals surface area contributed by atoms with Crippen LogP contribution in [-0.4, -0.2) is 31.0 Å². The van der Waals surface area contributed by atoms with E-state index in [-0.39, 0.29) is 24.8 Å². The van der Waals surface area contributed by atoms with Crippen molar-refractivity contribution in [2.24, 2.45) is 0 Å². The average molecular weight is 262 g/mol. The van der Waals surface area contributed by atoms with Gasteiger partial charge in [-0.1, -0.05) is 5.16 Å². The second-order valence-electron chi connectivity index (χ2n) is 3.97. The number of aryl methyl sites for hydroxylation is 2. The molecule has 1 rings (SSSR count). The van der Waals surface area contributed by atoms with E-state index in [4.69, 9.17) is 9.63 Å². The molecule has 0 bridgehead atoms. The van der Waals surface area contributed by atoms with Crippen molar-refractivity contribution in [3.05, 3.63) is 17.0 Å². The summed E-state index contributed by atoms with van der Waals surface area (Å²) in [4.78, 5) is 0. The molecule has 2 N–H and O–H groups in total. The molecule has 17 heavy (non-hydrogen) atoms. The van der Waals surface area contributed by atoms with Crippen molar-refractivity contribution in [3.63, 3.8) is 0 Å². The number of sulfonamides is 1. The highest BCUT2D eigenvalue weighted by atomic mass is 32.2. The summed E-state index contributed by atoms with van der Waals surface area (Å²) in [5, 5.41) is 12.4. The predicted molar refractivity (Wildman–Crippen MR) is 63.0 cm³/mol. The van der Waals surface area contributed by atoms with Crippen LogP contribution >= 0.6 is 0 Å². The lowest BCUT2D eigenvalue weighted by Gasteiger charge is -2.13. The molecule has 98 valence electrons. The van der Waals surface area contributed by atoms with Gasteiger partial charge in [0.15, 0.2) is 0 Å². The fourth-order valence-corrected chi connectivity index (χ4v) is 3.03. The number of aliphatic hydroxyl groups is 1. The molecule has 0 fully saturated rings. The van der Waals surface area contributed by atoms with E-state index in [0.717, 1.165) is 5.56 Å². The lowest BCUT2D eigenvalue weighted by molar-refractivity contribution is 0.295. The van der Waals surface area contributed by atoms with Crippen LogP contribution in [0.4, 0.5) is 0 Å². The van der Waals surface area contributed by atoms with Gasteiger partial charge in [-0.3, -0.25) is 0 Å². The first-order chi connectivity index (χ1) is 7.87. The van der Waals surface area contributed by atoms with Crippen LogP contribution in [0.25, 0.3) is 0 Å². The number of aliphatic hydroxyl groups excluding tert-OH is 1. The second-order valence-corrected chi connectivity index (χ2v) is 5.85. The second kappa shape index (κ2) is 5.61. The summed E-state index contributed by atoms with van der Waals surface area (Å²) in [6.45, 7) is 5.11. The molecule has 1 aromatic heterocycles. The zero-order valence-corrected chi connectivity index (χ0v) is 11.0. The van der Waals surface area contributed by atoms with Crippen LogP contribution in [0.1, 0.15) is 36.4 Å².